The zero-order valence-electron chi connectivity index (χ0n) is 12.4. The molecule has 2 saturated heterocycles. The fourth-order valence-electron chi connectivity index (χ4n) is 4.15. The van der Waals surface area contributed by atoms with Gasteiger partial charge in [0.25, 0.3) is 0 Å². The van der Waals surface area contributed by atoms with Crippen LogP contribution in [0.4, 0.5) is 8.78 Å². The molecule has 2 aliphatic heterocycles. The minimum atomic E-state index is -0.824. The second-order valence-electron chi connectivity index (χ2n) is 6.72. The first-order chi connectivity index (χ1) is 10.7. The average Bonchev–Trinajstić information content (AvgIpc) is 3.21. The van der Waals surface area contributed by atoms with E-state index in [0.29, 0.717) is 18.0 Å². The molecule has 0 spiro atoms. The van der Waals surface area contributed by atoms with Gasteiger partial charge in [-0.1, -0.05) is 12.1 Å². The van der Waals surface area contributed by atoms with E-state index in [-0.39, 0.29) is 23.8 Å². The van der Waals surface area contributed by atoms with E-state index in [1.54, 1.807) is 6.07 Å². The number of nitrogens with one attached hydrogen (secondary N) is 1. The van der Waals surface area contributed by atoms with Gasteiger partial charge in [-0.25, -0.2) is 8.78 Å². The van der Waals surface area contributed by atoms with E-state index in [1.165, 1.54) is 6.07 Å². The molecule has 3 nitrogen and oxygen atoms in total. The molecular weight excluding hydrogens is 286 g/mol. The molecule has 2 bridgehead atoms. The Hall–Kier alpha value is -1.49. The SMILES string of the molecule is O=C(C1CC1c1cccc(F)c1F)N1C2CCNCC1CC2. The summed E-state index contributed by atoms with van der Waals surface area (Å²) in [6.07, 6.45) is 3.76. The van der Waals surface area contributed by atoms with Crippen molar-refractivity contribution in [2.24, 2.45) is 5.92 Å². The third-order valence-electron chi connectivity index (χ3n) is 5.40. The Balaban J connectivity index is 1.52. The highest BCUT2D eigenvalue weighted by atomic mass is 19.2. The van der Waals surface area contributed by atoms with Gasteiger partial charge in [0, 0.05) is 24.5 Å². The van der Waals surface area contributed by atoms with E-state index in [9.17, 15) is 13.6 Å². The lowest BCUT2D eigenvalue weighted by Crippen LogP contribution is -2.43. The normalized spacial score (nSPS) is 33.6. The number of nitrogens with zero attached hydrogens (tertiary/aromatic N) is 1. The molecule has 5 heteroatoms. The van der Waals surface area contributed by atoms with E-state index in [0.717, 1.165) is 38.4 Å². The molecule has 0 aromatic heterocycles. The van der Waals surface area contributed by atoms with Crippen molar-refractivity contribution in [1.29, 1.82) is 0 Å². The molecule has 3 fully saturated rings. The molecule has 118 valence electrons. The molecule has 1 amide bonds. The summed E-state index contributed by atoms with van der Waals surface area (Å²) in [5.41, 5.74) is 0.360. The van der Waals surface area contributed by atoms with Gasteiger partial charge in [0.05, 0.1) is 0 Å². The number of halogens is 2. The second kappa shape index (κ2) is 5.30. The van der Waals surface area contributed by atoms with Crippen molar-refractivity contribution in [2.45, 2.75) is 43.7 Å². The lowest BCUT2D eigenvalue weighted by Gasteiger charge is -2.28. The highest BCUT2D eigenvalue weighted by Gasteiger charge is 2.50. The molecular formula is C17H20F2N2O. The number of carbonyl (C=O) groups is 1. The van der Waals surface area contributed by atoms with Crippen molar-refractivity contribution in [3.63, 3.8) is 0 Å². The van der Waals surface area contributed by atoms with Gasteiger partial charge in [-0.3, -0.25) is 4.79 Å². The van der Waals surface area contributed by atoms with E-state index < -0.39 is 11.6 Å². The second-order valence-corrected chi connectivity index (χ2v) is 6.72. The summed E-state index contributed by atoms with van der Waals surface area (Å²) in [5, 5.41) is 3.38. The number of rotatable bonds is 2. The molecule has 4 rings (SSSR count). The molecule has 22 heavy (non-hydrogen) atoms. The average molecular weight is 306 g/mol. The minimum Gasteiger partial charge on any atom is -0.335 e. The van der Waals surface area contributed by atoms with Crippen molar-refractivity contribution in [2.75, 3.05) is 13.1 Å². The predicted molar refractivity (Wildman–Crippen MR) is 78.3 cm³/mol. The Morgan fingerprint density at radius 3 is 2.86 bits per heavy atom. The van der Waals surface area contributed by atoms with Crippen LogP contribution in [0, 0.1) is 17.6 Å². The van der Waals surface area contributed by atoms with Gasteiger partial charge in [0.15, 0.2) is 11.6 Å². The Kier molecular flexibility index (Phi) is 3.40. The maximum absolute atomic E-state index is 13.9. The van der Waals surface area contributed by atoms with Gasteiger partial charge in [0.1, 0.15) is 0 Å². The van der Waals surface area contributed by atoms with Crippen LogP contribution in [-0.4, -0.2) is 36.0 Å². The van der Waals surface area contributed by atoms with Crippen LogP contribution in [0.25, 0.3) is 0 Å². The van der Waals surface area contributed by atoms with E-state index >= 15 is 0 Å². The Morgan fingerprint density at radius 1 is 1.18 bits per heavy atom. The highest BCUT2D eigenvalue weighted by molar-refractivity contribution is 5.84. The summed E-state index contributed by atoms with van der Waals surface area (Å²) in [7, 11) is 0. The zero-order chi connectivity index (χ0) is 15.3. The first kappa shape index (κ1) is 14.1. The number of hydrogen-bond acceptors (Lipinski definition) is 2. The zero-order valence-corrected chi connectivity index (χ0v) is 12.4. The van der Waals surface area contributed by atoms with Gasteiger partial charge in [-0.15, -0.1) is 0 Å². The van der Waals surface area contributed by atoms with Crippen LogP contribution in [-0.2, 0) is 4.79 Å². The molecule has 1 saturated carbocycles. The van der Waals surface area contributed by atoms with Crippen LogP contribution in [0.1, 0.15) is 37.2 Å². The first-order valence-corrected chi connectivity index (χ1v) is 8.13. The van der Waals surface area contributed by atoms with Crippen LogP contribution in [0.3, 0.4) is 0 Å². The van der Waals surface area contributed by atoms with Crippen molar-refractivity contribution in [3.8, 4) is 0 Å². The summed E-state index contributed by atoms with van der Waals surface area (Å²) in [4.78, 5) is 14.9. The Bertz CT molecular complexity index is 592. The van der Waals surface area contributed by atoms with Gasteiger partial charge < -0.3 is 10.2 Å². The van der Waals surface area contributed by atoms with E-state index in [2.05, 4.69) is 5.32 Å². The van der Waals surface area contributed by atoms with Crippen LogP contribution in [0.15, 0.2) is 18.2 Å². The van der Waals surface area contributed by atoms with Gasteiger partial charge in [0.2, 0.25) is 5.91 Å². The lowest BCUT2D eigenvalue weighted by atomic mass is 10.1. The lowest BCUT2D eigenvalue weighted by molar-refractivity contribution is -0.135. The fourth-order valence-corrected chi connectivity index (χ4v) is 4.15. The molecule has 3 aliphatic rings. The van der Waals surface area contributed by atoms with Crippen LogP contribution in [0.2, 0.25) is 0 Å². The van der Waals surface area contributed by atoms with Gasteiger partial charge in [-0.05, 0) is 49.8 Å². The first-order valence-electron chi connectivity index (χ1n) is 8.13. The van der Waals surface area contributed by atoms with Crippen LogP contribution < -0.4 is 5.32 Å². The van der Waals surface area contributed by atoms with Crippen molar-refractivity contribution in [3.05, 3.63) is 35.4 Å². The summed E-state index contributed by atoms with van der Waals surface area (Å²) in [6.45, 7) is 1.81. The third kappa shape index (κ3) is 2.22. The Labute approximate surface area is 128 Å². The maximum Gasteiger partial charge on any atom is 0.226 e. The topological polar surface area (TPSA) is 32.3 Å². The van der Waals surface area contributed by atoms with Gasteiger partial charge >= 0.3 is 0 Å². The van der Waals surface area contributed by atoms with Crippen molar-refractivity contribution in [1.82, 2.24) is 10.2 Å². The standard InChI is InChI=1S/C17H20F2N2O/c18-15-3-1-2-12(16(15)19)13-8-14(13)17(22)21-10-4-5-11(21)9-20-7-6-10/h1-3,10-11,13-14,20H,4-9H2. The molecule has 4 unspecified atom stereocenters. The molecule has 2 heterocycles. The summed E-state index contributed by atoms with van der Waals surface area (Å²) < 4.78 is 27.3. The molecule has 1 N–H and O–H groups in total. The van der Waals surface area contributed by atoms with Crippen LogP contribution >= 0.6 is 0 Å². The summed E-state index contributed by atoms with van der Waals surface area (Å²) in [5.74, 6) is -1.79. The summed E-state index contributed by atoms with van der Waals surface area (Å²) in [6, 6.07) is 4.85. The fraction of sp³-hybridized carbons (Fsp3) is 0.588. The van der Waals surface area contributed by atoms with Crippen LogP contribution in [0.5, 0.6) is 0 Å². The largest absolute Gasteiger partial charge is 0.335 e. The molecule has 0 radical (unpaired) electrons. The number of benzene rings is 1. The smallest absolute Gasteiger partial charge is 0.226 e. The number of carbonyl (C=O) groups excluding carboxylic acids is 1. The van der Waals surface area contributed by atoms with Crippen molar-refractivity contribution < 1.29 is 13.6 Å². The number of amides is 1. The monoisotopic (exact) mass is 306 g/mol. The van der Waals surface area contributed by atoms with Crippen molar-refractivity contribution >= 4 is 5.91 Å². The maximum atomic E-state index is 13.9. The number of hydrogen-bond donors (Lipinski definition) is 1. The van der Waals surface area contributed by atoms with Gasteiger partial charge in [-0.2, -0.15) is 0 Å². The number of fused-ring (bicyclic) bond motifs is 2. The van der Waals surface area contributed by atoms with E-state index in [4.69, 9.17) is 0 Å². The van der Waals surface area contributed by atoms with E-state index in [1.807, 2.05) is 4.90 Å². The molecule has 1 aromatic rings. The molecule has 1 aliphatic carbocycles. The Morgan fingerprint density at radius 2 is 2.00 bits per heavy atom. The third-order valence-corrected chi connectivity index (χ3v) is 5.40. The molecule has 1 aromatic carbocycles. The highest BCUT2D eigenvalue weighted by Crippen LogP contribution is 2.50. The molecule has 4 atom stereocenters. The summed E-state index contributed by atoms with van der Waals surface area (Å²) >= 11 is 0. The predicted octanol–water partition coefficient (Wildman–Crippen LogP) is 2.42. The quantitative estimate of drug-likeness (QED) is 0.910. The minimum absolute atomic E-state index is 0.143.